The average molecular weight is 411 g/mol. The van der Waals surface area contributed by atoms with Crippen LogP contribution in [0, 0.1) is 5.92 Å². The van der Waals surface area contributed by atoms with Crippen LogP contribution in [0.2, 0.25) is 10.0 Å². The van der Waals surface area contributed by atoms with Crippen LogP contribution in [0.3, 0.4) is 0 Å². The first-order valence-corrected chi connectivity index (χ1v) is 9.29. The number of methoxy groups -OCH3 is 1. The monoisotopic (exact) mass is 410 g/mol. The first-order chi connectivity index (χ1) is 13.0. The maximum absolute atomic E-state index is 14.4. The molecule has 2 saturated heterocycles. The van der Waals surface area contributed by atoms with Gasteiger partial charge in [0.25, 0.3) is 0 Å². The van der Waals surface area contributed by atoms with E-state index in [1.807, 2.05) is 0 Å². The Morgan fingerprint density at radius 2 is 2.11 bits per heavy atom. The smallest absolute Gasteiger partial charge is 0.230 e. The molecule has 0 aliphatic carbocycles. The van der Waals surface area contributed by atoms with Crippen LogP contribution in [-0.2, 0) is 9.53 Å². The summed E-state index contributed by atoms with van der Waals surface area (Å²) < 4.78 is 25.3. The van der Waals surface area contributed by atoms with Crippen LogP contribution >= 0.6 is 23.2 Å². The number of rotatable bonds is 4. The maximum Gasteiger partial charge on any atom is 0.230 e. The fourth-order valence-electron chi connectivity index (χ4n) is 3.95. The summed E-state index contributed by atoms with van der Waals surface area (Å²) >= 11 is 11.9. The number of carbonyl (C=O) groups excluding carboxylic acids is 1. The third kappa shape index (κ3) is 3.37. The van der Waals surface area contributed by atoms with E-state index in [-0.39, 0.29) is 12.3 Å². The summed E-state index contributed by atoms with van der Waals surface area (Å²) in [5, 5.41) is 3.60. The molecular formula is C19H17Cl2FN2O3. The van der Waals surface area contributed by atoms with Crippen molar-refractivity contribution >= 4 is 34.8 Å². The number of alkyl halides is 1. The summed E-state index contributed by atoms with van der Waals surface area (Å²) in [4.78, 5) is 17.1. The fourth-order valence-corrected chi connectivity index (χ4v) is 4.25. The SMILES string of the molecule is COc1cc([C@H]2[C@H]3O[C@H](C[C@H]3F)[C@@H]2C(=O)Nc2ccc(Cl)c(Cl)c2)ccn1. The molecular weight excluding hydrogens is 394 g/mol. The highest BCUT2D eigenvalue weighted by Crippen LogP contribution is 2.50. The normalized spacial score (nSPS) is 29.0. The molecule has 27 heavy (non-hydrogen) atoms. The molecule has 142 valence electrons. The first-order valence-electron chi connectivity index (χ1n) is 8.53. The van der Waals surface area contributed by atoms with E-state index in [1.54, 1.807) is 36.5 Å². The number of fused-ring (bicyclic) bond motifs is 2. The van der Waals surface area contributed by atoms with Crippen LogP contribution in [-0.4, -0.2) is 36.4 Å². The number of carbonyl (C=O) groups is 1. The van der Waals surface area contributed by atoms with Gasteiger partial charge in [-0.05, 0) is 29.8 Å². The molecule has 3 heterocycles. The minimum atomic E-state index is -1.10. The zero-order valence-electron chi connectivity index (χ0n) is 14.4. The molecule has 0 saturated carbocycles. The zero-order valence-corrected chi connectivity index (χ0v) is 15.9. The summed E-state index contributed by atoms with van der Waals surface area (Å²) in [5.74, 6) is -0.773. The second-order valence-corrected chi connectivity index (χ2v) is 7.51. The highest BCUT2D eigenvalue weighted by molar-refractivity contribution is 6.42. The number of anilines is 1. The first kappa shape index (κ1) is 18.5. The number of nitrogens with one attached hydrogen (secondary N) is 1. The predicted molar refractivity (Wildman–Crippen MR) is 100 cm³/mol. The van der Waals surface area contributed by atoms with E-state index in [0.29, 0.717) is 21.6 Å². The van der Waals surface area contributed by atoms with Crippen LogP contribution in [0.15, 0.2) is 36.5 Å². The van der Waals surface area contributed by atoms with Crippen LogP contribution in [0.1, 0.15) is 17.9 Å². The second kappa shape index (κ2) is 7.26. The standard InChI is InChI=1S/C19H17Cl2FN2O3/c1-26-15-6-9(4-5-23-15)16-17(14-8-13(22)18(16)27-14)19(25)24-10-2-3-11(20)12(21)7-10/h2-7,13-14,16-18H,8H2,1H3,(H,24,25)/t13-,14-,16-,17+,18+/m1/s1. The van der Waals surface area contributed by atoms with Gasteiger partial charge in [0.1, 0.15) is 6.17 Å². The van der Waals surface area contributed by atoms with Crippen LogP contribution < -0.4 is 10.1 Å². The number of nitrogens with zero attached hydrogens (tertiary/aromatic N) is 1. The number of halogens is 3. The van der Waals surface area contributed by atoms with Crippen molar-refractivity contribution < 1.29 is 18.7 Å². The van der Waals surface area contributed by atoms with E-state index in [2.05, 4.69) is 10.3 Å². The minimum absolute atomic E-state index is 0.211. The quantitative estimate of drug-likeness (QED) is 0.818. The predicted octanol–water partition coefficient (Wildman–Crippen LogP) is 4.24. The highest BCUT2D eigenvalue weighted by Gasteiger charge is 2.57. The lowest BCUT2D eigenvalue weighted by molar-refractivity contribution is -0.121. The Kier molecular flexibility index (Phi) is 4.97. The summed E-state index contributed by atoms with van der Waals surface area (Å²) in [6, 6.07) is 8.35. The Morgan fingerprint density at radius 3 is 2.85 bits per heavy atom. The molecule has 4 rings (SSSR count). The molecule has 2 aromatic rings. The topological polar surface area (TPSA) is 60.5 Å². The van der Waals surface area contributed by atoms with Crippen molar-refractivity contribution in [1.82, 2.24) is 4.98 Å². The summed E-state index contributed by atoms with van der Waals surface area (Å²) in [7, 11) is 1.51. The van der Waals surface area contributed by atoms with E-state index < -0.39 is 30.2 Å². The molecule has 1 N–H and O–H groups in total. The number of hydrogen-bond acceptors (Lipinski definition) is 4. The van der Waals surface area contributed by atoms with E-state index >= 15 is 0 Å². The van der Waals surface area contributed by atoms with E-state index in [1.165, 1.54) is 7.11 Å². The van der Waals surface area contributed by atoms with E-state index in [9.17, 15) is 9.18 Å². The van der Waals surface area contributed by atoms with Crippen LogP contribution in [0.4, 0.5) is 10.1 Å². The van der Waals surface area contributed by atoms with Gasteiger partial charge in [-0.15, -0.1) is 0 Å². The molecule has 1 aromatic heterocycles. The number of amides is 1. The van der Waals surface area contributed by atoms with Gasteiger partial charge in [0.15, 0.2) is 0 Å². The van der Waals surface area contributed by atoms with Crippen LogP contribution in [0.25, 0.3) is 0 Å². The van der Waals surface area contributed by atoms with Gasteiger partial charge < -0.3 is 14.8 Å². The molecule has 2 aliphatic rings. The van der Waals surface area contributed by atoms with Gasteiger partial charge in [0, 0.05) is 30.3 Å². The molecule has 8 heteroatoms. The number of aromatic nitrogens is 1. The van der Waals surface area contributed by atoms with E-state index in [4.69, 9.17) is 32.7 Å². The molecule has 2 fully saturated rings. The average Bonchev–Trinajstić information content (AvgIpc) is 3.21. The Hall–Kier alpha value is -1.89. The molecule has 1 aromatic carbocycles. The fraction of sp³-hybridized carbons (Fsp3) is 0.368. The molecule has 0 spiro atoms. The lowest BCUT2D eigenvalue weighted by Crippen LogP contribution is -2.39. The van der Waals surface area contributed by atoms with Gasteiger partial charge in [-0.1, -0.05) is 23.2 Å². The molecule has 5 atom stereocenters. The summed E-state index contributed by atoms with van der Waals surface area (Å²) in [6.07, 6.45) is -0.443. The lowest BCUT2D eigenvalue weighted by atomic mass is 9.74. The van der Waals surface area contributed by atoms with Crippen LogP contribution in [0.5, 0.6) is 5.88 Å². The maximum atomic E-state index is 14.4. The molecule has 0 unspecified atom stereocenters. The number of pyridine rings is 1. The summed E-state index contributed by atoms with van der Waals surface area (Å²) in [5.41, 5.74) is 1.30. The molecule has 0 radical (unpaired) electrons. The minimum Gasteiger partial charge on any atom is -0.481 e. The van der Waals surface area contributed by atoms with Gasteiger partial charge in [-0.2, -0.15) is 0 Å². The van der Waals surface area contributed by atoms with Crippen molar-refractivity contribution in [3.8, 4) is 5.88 Å². The molecule has 2 aliphatic heterocycles. The van der Waals surface area contributed by atoms with E-state index in [0.717, 1.165) is 5.56 Å². The zero-order chi connectivity index (χ0) is 19.1. The van der Waals surface area contributed by atoms with Crippen molar-refractivity contribution in [2.45, 2.75) is 30.7 Å². The Labute approximate surface area is 165 Å². The van der Waals surface area contributed by atoms with Crippen molar-refractivity contribution in [2.75, 3.05) is 12.4 Å². The van der Waals surface area contributed by atoms with Gasteiger partial charge in [0.05, 0.1) is 35.3 Å². The third-order valence-electron chi connectivity index (χ3n) is 5.13. The van der Waals surface area contributed by atoms with Gasteiger partial charge in [0.2, 0.25) is 11.8 Å². The number of benzene rings is 1. The van der Waals surface area contributed by atoms with Gasteiger partial charge >= 0.3 is 0 Å². The molecule has 5 nitrogen and oxygen atoms in total. The highest BCUT2D eigenvalue weighted by atomic mass is 35.5. The lowest BCUT2D eigenvalue weighted by Gasteiger charge is -2.29. The Bertz CT molecular complexity index is 882. The molecule has 1 amide bonds. The van der Waals surface area contributed by atoms with Gasteiger partial charge in [-0.3, -0.25) is 4.79 Å². The Morgan fingerprint density at radius 1 is 1.30 bits per heavy atom. The number of hydrogen-bond donors (Lipinski definition) is 1. The van der Waals surface area contributed by atoms with Crippen molar-refractivity contribution in [2.24, 2.45) is 5.92 Å². The molecule has 2 bridgehead atoms. The summed E-state index contributed by atoms with van der Waals surface area (Å²) in [6.45, 7) is 0. The van der Waals surface area contributed by atoms with Crippen molar-refractivity contribution in [3.05, 3.63) is 52.1 Å². The van der Waals surface area contributed by atoms with Gasteiger partial charge in [-0.25, -0.2) is 9.37 Å². The Balaban J connectivity index is 1.62. The largest absolute Gasteiger partial charge is 0.481 e. The van der Waals surface area contributed by atoms with Crippen molar-refractivity contribution in [3.63, 3.8) is 0 Å². The second-order valence-electron chi connectivity index (χ2n) is 6.69. The van der Waals surface area contributed by atoms with Crippen molar-refractivity contribution in [1.29, 1.82) is 0 Å². The number of ether oxygens (including phenoxy) is 2. The third-order valence-corrected chi connectivity index (χ3v) is 5.87.